The number of hydrogen-bond donors (Lipinski definition) is 2. The van der Waals surface area contributed by atoms with Crippen LogP contribution < -0.4 is 14.5 Å². The van der Waals surface area contributed by atoms with Crippen molar-refractivity contribution in [1.29, 1.82) is 0 Å². The highest BCUT2D eigenvalue weighted by molar-refractivity contribution is 7.22. The number of anilines is 1. The maximum atomic E-state index is 9.91. The number of ether oxygens (including phenoxy) is 2. The lowest BCUT2D eigenvalue weighted by molar-refractivity contribution is 0.373. The quantitative estimate of drug-likeness (QED) is 0.306. The minimum atomic E-state index is 0.127. The number of fused-ring (bicyclic) bond motifs is 1. The number of hydrogen-bond acceptors (Lipinski definition) is 8. The van der Waals surface area contributed by atoms with Crippen molar-refractivity contribution >= 4 is 32.4 Å². The summed E-state index contributed by atoms with van der Waals surface area (Å²) in [5, 5.41) is 27.5. The zero-order chi connectivity index (χ0) is 25.1. The van der Waals surface area contributed by atoms with E-state index in [1.807, 2.05) is 47.5 Å². The molecule has 0 saturated heterocycles. The third kappa shape index (κ3) is 4.99. The molecule has 0 aliphatic carbocycles. The molecule has 0 radical (unpaired) electrons. The van der Waals surface area contributed by atoms with Crippen molar-refractivity contribution in [1.82, 2.24) is 4.98 Å². The molecular weight excluding hydrogens is 474 g/mol. The molecule has 4 aromatic rings. The maximum absolute atomic E-state index is 9.91. The van der Waals surface area contributed by atoms with Gasteiger partial charge in [-0.1, -0.05) is 41.7 Å². The van der Waals surface area contributed by atoms with Gasteiger partial charge in [-0.3, -0.25) is 0 Å². The lowest BCUT2D eigenvalue weighted by atomic mass is 10.0. The fraction of sp³-hybridized carbons (Fsp3) is 0.214. The minimum absolute atomic E-state index is 0.127. The first-order chi connectivity index (χ1) is 17.5. The average Bonchev–Trinajstić information content (AvgIpc) is 3.51. The normalized spacial score (nSPS) is 14.4. The van der Waals surface area contributed by atoms with Gasteiger partial charge in [-0.25, -0.2) is 9.99 Å². The molecule has 0 bridgehead atoms. The van der Waals surface area contributed by atoms with Crippen LogP contribution in [0.1, 0.15) is 24.0 Å². The Morgan fingerprint density at radius 3 is 2.33 bits per heavy atom. The molecule has 36 heavy (non-hydrogen) atoms. The SMILES string of the molecule is COc1cc(CC=C2CC(CCc3ccc(O)c(OC)c3)=NN2c2nc3ccccc3s2)ccc1O. The molecule has 0 saturated carbocycles. The van der Waals surface area contributed by atoms with Crippen LogP contribution in [0.5, 0.6) is 23.0 Å². The number of aryl methyl sites for hydroxylation is 1. The van der Waals surface area contributed by atoms with E-state index in [2.05, 4.69) is 12.1 Å². The fourth-order valence-electron chi connectivity index (χ4n) is 4.19. The molecule has 1 aliphatic rings. The maximum Gasteiger partial charge on any atom is 0.211 e. The Hall–Kier alpha value is -4.04. The highest BCUT2D eigenvalue weighted by Crippen LogP contribution is 2.36. The van der Waals surface area contributed by atoms with Crippen LogP contribution in [0.3, 0.4) is 0 Å². The molecule has 0 spiro atoms. The molecule has 0 fully saturated rings. The van der Waals surface area contributed by atoms with E-state index >= 15 is 0 Å². The Morgan fingerprint density at radius 2 is 1.61 bits per heavy atom. The smallest absolute Gasteiger partial charge is 0.211 e. The van der Waals surface area contributed by atoms with Gasteiger partial charge < -0.3 is 19.7 Å². The monoisotopic (exact) mass is 501 g/mol. The van der Waals surface area contributed by atoms with Crippen LogP contribution in [-0.2, 0) is 12.8 Å². The van der Waals surface area contributed by atoms with E-state index in [0.717, 1.165) is 57.1 Å². The number of thiazole rings is 1. The molecule has 5 rings (SSSR count). The third-order valence-electron chi connectivity index (χ3n) is 6.13. The second-order valence-electron chi connectivity index (χ2n) is 8.53. The predicted molar refractivity (Wildman–Crippen MR) is 144 cm³/mol. The topological polar surface area (TPSA) is 87.4 Å². The van der Waals surface area contributed by atoms with Gasteiger partial charge in [-0.05, 0) is 66.8 Å². The predicted octanol–water partition coefficient (Wildman–Crippen LogP) is 6.05. The second kappa shape index (κ2) is 10.3. The van der Waals surface area contributed by atoms with Crippen LogP contribution in [0.15, 0.2) is 77.5 Å². The standard InChI is InChI=1S/C28H27N3O4S/c1-34-25-15-18(9-13-23(25)32)7-11-20-17-21(12-8-19-10-14-24(33)26(16-19)35-2)31(30-20)28-29-22-5-3-4-6-27(22)36-28/h3-6,9-10,12-16,32-33H,7-8,11,17H2,1-2H3. The zero-order valence-corrected chi connectivity index (χ0v) is 21.0. The molecule has 0 unspecified atom stereocenters. The lowest BCUT2D eigenvalue weighted by Crippen LogP contribution is -2.10. The largest absolute Gasteiger partial charge is 0.504 e. The molecule has 1 aliphatic heterocycles. The Labute approximate surface area is 213 Å². The van der Waals surface area contributed by atoms with Crippen molar-refractivity contribution in [2.45, 2.75) is 25.7 Å². The van der Waals surface area contributed by atoms with Gasteiger partial charge in [-0.2, -0.15) is 5.10 Å². The van der Waals surface area contributed by atoms with Gasteiger partial charge in [0.2, 0.25) is 5.13 Å². The number of nitrogens with zero attached hydrogens (tertiary/aromatic N) is 3. The highest BCUT2D eigenvalue weighted by Gasteiger charge is 2.24. The Morgan fingerprint density at radius 1 is 0.917 bits per heavy atom. The number of hydrazone groups is 1. The Kier molecular flexibility index (Phi) is 6.77. The van der Waals surface area contributed by atoms with Gasteiger partial charge in [-0.15, -0.1) is 0 Å². The fourth-order valence-corrected chi connectivity index (χ4v) is 5.14. The van der Waals surface area contributed by atoms with Gasteiger partial charge in [0.25, 0.3) is 0 Å². The second-order valence-corrected chi connectivity index (χ2v) is 9.54. The van der Waals surface area contributed by atoms with Crippen molar-refractivity contribution < 1.29 is 19.7 Å². The van der Waals surface area contributed by atoms with Gasteiger partial charge in [0.1, 0.15) is 0 Å². The number of benzene rings is 3. The number of rotatable bonds is 8. The minimum Gasteiger partial charge on any atom is -0.504 e. The molecular formula is C28H27N3O4S. The van der Waals surface area contributed by atoms with Crippen LogP contribution in [0.2, 0.25) is 0 Å². The summed E-state index contributed by atoms with van der Waals surface area (Å²) in [4.78, 5) is 4.82. The highest BCUT2D eigenvalue weighted by atomic mass is 32.1. The molecule has 8 heteroatoms. The van der Waals surface area contributed by atoms with Crippen molar-refractivity contribution in [3.8, 4) is 23.0 Å². The summed E-state index contributed by atoms with van der Waals surface area (Å²) in [7, 11) is 3.10. The van der Waals surface area contributed by atoms with E-state index in [9.17, 15) is 10.2 Å². The van der Waals surface area contributed by atoms with E-state index in [0.29, 0.717) is 17.9 Å². The van der Waals surface area contributed by atoms with Crippen LogP contribution in [0, 0.1) is 0 Å². The first-order valence-corrected chi connectivity index (χ1v) is 12.5. The van der Waals surface area contributed by atoms with Crippen molar-refractivity contribution in [3.05, 3.63) is 83.6 Å². The van der Waals surface area contributed by atoms with Crippen molar-refractivity contribution in [3.63, 3.8) is 0 Å². The number of phenolic OH excluding ortho intramolecular Hbond substituents is 2. The number of allylic oxidation sites excluding steroid dienone is 2. The average molecular weight is 502 g/mol. The van der Waals surface area contributed by atoms with E-state index < -0.39 is 0 Å². The number of aromatic nitrogens is 1. The van der Waals surface area contributed by atoms with Crippen LogP contribution in [-0.4, -0.2) is 35.1 Å². The van der Waals surface area contributed by atoms with E-state index in [1.165, 1.54) is 0 Å². The van der Waals surface area contributed by atoms with E-state index in [1.54, 1.807) is 37.7 Å². The molecule has 7 nitrogen and oxygen atoms in total. The molecule has 2 heterocycles. The van der Waals surface area contributed by atoms with Gasteiger partial charge in [0.15, 0.2) is 23.0 Å². The molecule has 184 valence electrons. The van der Waals surface area contributed by atoms with Gasteiger partial charge in [0.05, 0.1) is 24.4 Å². The molecule has 0 amide bonds. The molecule has 3 aromatic carbocycles. The number of aromatic hydroxyl groups is 2. The zero-order valence-electron chi connectivity index (χ0n) is 20.1. The molecule has 0 atom stereocenters. The summed E-state index contributed by atoms with van der Waals surface area (Å²) < 4.78 is 11.6. The Balaban J connectivity index is 1.40. The molecule has 2 N–H and O–H groups in total. The summed E-state index contributed by atoms with van der Waals surface area (Å²) >= 11 is 1.62. The summed E-state index contributed by atoms with van der Waals surface area (Å²) in [5.41, 5.74) is 5.20. The van der Waals surface area contributed by atoms with Crippen LogP contribution in [0.25, 0.3) is 10.2 Å². The number of phenols is 2. The Bertz CT molecular complexity index is 1430. The van der Waals surface area contributed by atoms with E-state index in [4.69, 9.17) is 19.6 Å². The van der Waals surface area contributed by atoms with Crippen molar-refractivity contribution in [2.24, 2.45) is 5.10 Å². The van der Waals surface area contributed by atoms with Gasteiger partial charge in [0, 0.05) is 17.8 Å². The molecule has 1 aromatic heterocycles. The summed E-state index contributed by atoms with van der Waals surface area (Å²) in [6.07, 6.45) is 5.12. The number of methoxy groups -OCH3 is 2. The van der Waals surface area contributed by atoms with Crippen molar-refractivity contribution in [2.75, 3.05) is 19.2 Å². The van der Waals surface area contributed by atoms with Crippen LogP contribution >= 0.6 is 11.3 Å². The third-order valence-corrected chi connectivity index (χ3v) is 7.14. The van der Waals surface area contributed by atoms with Crippen LogP contribution in [0.4, 0.5) is 5.13 Å². The first-order valence-electron chi connectivity index (χ1n) is 11.7. The summed E-state index contributed by atoms with van der Waals surface area (Å²) in [6.45, 7) is 0. The summed E-state index contributed by atoms with van der Waals surface area (Å²) in [6, 6.07) is 18.9. The summed E-state index contributed by atoms with van der Waals surface area (Å²) in [5.74, 6) is 1.20. The number of para-hydroxylation sites is 1. The first kappa shape index (κ1) is 23.7. The van der Waals surface area contributed by atoms with Gasteiger partial charge >= 0.3 is 0 Å². The lowest BCUT2D eigenvalue weighted by Gasteiger charge is -2.13. The van der Waals surface area contributed by atoms with E-state index in [-0.39, 0.29) is 11.5 Å².